The second kappa shape index (κ2) is 16.4. The SMILES string of the molecule is NCCCCC(NC(=O)C(CS)NC(=O)C(Cc1ccc(O)cc1)NC(=O)C(N)CCC(=O)O)C(=O)O. The van der Waals surface area contributed by atoms with E-state index >= 15 is 0 Å². The van der Waals surface area contributed by atoms with Gasteiger partial charge in [-0.2, -0.15) is 12.6 Å². The predicted octanol–water partition coefficient (Wildman–Crippen LogP) is -1.28. The summed E-state index contributed by atoms with van der Waals surface area (Å²) in [7, 11) is 0. The number of rotatable bonds is 17. The van der Waals surface area contributed by atoms with Gasteiger partial charge in [0.15, 0.2) is 0 Å². The summed E-state index contributed by atoms with van der Waals surface area (Å²) >= 11 is 4.09. The molecule has 0 aliphatic heterocycles. The van der Waals surface area contributed by atoms with E-state index in [9.17, 15) is 34.2 Å². The summed E-state index contributed by atoms with van der Waals surface area (Å²) < 4.78 is 0. The zero-order valence-electron chi connectivity index (χ0n) is 20.3. The molecule has 4 atom stereocenters. The van der Waals surface area contributed by atoms with E-state index in [4.69, 9.17) is 16.6 Å². The third kappa shape index (κ3) is 11.9. The van der Waals surface area contributed by atoms with Crippen LogP contribution in [0.3, 0.4) is 0 Å². The highest BCUT2D eigenvalue weighted by Crippen LogP contribution is 2.12. The first-order chi connectivity index (χ1) is 17.5. The number of phenolic OH excluding ortho intramolecular Hbond substituents is 1. The van der Waals surface area contributed by atoms with Crippen LogP contribution < -0.4 is 27.4 Å². The van der Waals surface area contributed by atoms with Gasteiger partial charge >= 0.3 is 11.9 Å². The van der Waals surface area contributed by atoms with E-state index in [2.05, 4.69) is 28.6 Å². The number of benzene rings is 1. The zero-order valence-corrected chi connectivity index (χ0v) is 21.2. The van der Waals surface area contributed by atoms with Crippen molar-refractivity contribution in [3.63, 3.8) is 0 Å². The Morgan fingerprint density at radius 3 is 1.95 bits per heavy atom. The van der Waals surface area contributed by atoms with Crippen molar-refractivity contribution in [2.24, 2.45) is 11.5 Å². The first-order valence-corrected chi connectivity index (χ1v) is 12.3. The summed E-state index contributed by atoms with van der Waals surface area (Å²) in [6.45, 7) is 0.379. The smallest absolute Gasteiger partial charge is 0.326 e. The molecule has 0 saturated carbocycles. The lowest BCUT2D eigenvalue weighted by atomic mass is 10.0. The Hall–Kier alpha value is -3.36. The molecule has 206 valence electrons. The van der Waals surface area contributed by atoms with Crippen LogP contribution in [0.4, 0.5) is 0 Å². The van der Waals surface area contributed by atoms with Gasteiger partial charge in [-0.3, -0.25) is 19.2 Å². The van der Waals surface area contributed by atoms with Crippen molar-refractivity contribution in [3.05, 3.63) is 29.8 Å². The lowest BCUT2D eigenvalue weighted by Crippen LogP contribution is -2.58. The molecule has 4 unspecified atom stereocenters. The lowest BCUT2D eigenvalue weighted by Gasteiger charge is -2.24. The largest absolute Gasteiger partial charge is 0.508 e. The highest BCUT2D eigenvalue weighted by molar-refractivity contribution is 7.80. The van der Waals surface area contributed by atoms with Gasteiger partial charge in [-0.05, 0) is 49.9 Å². The molecule has 0 aromatic heterocycles. The number of aliphatic carboxylic acids is 2. The molecule has 10 N–H and O–H groups in total. The number of thiol groups is 1. The number of phenols is 1. The van der Waals surface area contributed by atoms with Gasteiger partial charge in [0.2, 0.25) is 17.7 Å². The first kappa shape index (κ1) is 31.7. The van der Waals surface area contributed by atoms with Crippen LogP contribution in [0.1, 0.15) is 37.7 Å². The van der Waals surface area contributed by atoms with E-state index in [1.165, 1.54) is 24.3 Å². The molecule has 1 rings (SSSR count). The second-order valence-corrected chi connectivity index (χ2v) is 8.76. The molecular formula is C23H35N5O8S. The van der Waals surface area contributed by atoms with Gasteiger partial charge in [0.25, 0.3) is 0 Å². The number of unbranched alkanes of at least 4 members (excludes halogenated alkanes) is 1. The first-order valence-electron chi connectivity index (χ1n) is 11.7. The fraction of sp³-hybridized carbons (Fsp3) is 0.522. The number of aromatic hydroxyl groups is 1. The maximum Gasteiger partial charge on any atom is 0.326 e. The summed E-state index contributed by atoms with van der Waals surface area (Å²) in [6.07, 6.45) is 0.674. The van der Waals surface area contributed by atoms with Crippen molar-refractivity contribution >= 4 is 42.3 Å². The van der Waals surface area contributed by atoms with Gasteiger partial charge in [0.1, 0.15) is 23.9 Å². The highest BCUT2D eigenvalue weighted by atomic mass is 32.1. The molecule has 37 heavy (non-hydrogen) atoms. The van der Waals surface area contributed by atoms with Crippen molar-refractivity contribution in [3.8, 4) is 5.75 Å². The Morgan fingerprint density at radius 2 is 1.41 bits per heavy atom. The van der Waals surface area contributed by atoms with Gasteiger partial charge in [0, 0.05) is 18.6 Å². The molecule has 0 aliphatic carbocycles. The number of carbonyl (C=O) groups is 5. The normalized spacial score (nSPS) is 14.0. The Labute approximate surface area is 219 Å². The van der Waals surface area contributed by atoms with Crippen molar-refractivity contribution in [1.82, 2.24) is 16.0 Å². The van der Waals surface area contributed by atoms with Crippen molar-refractivity contribution < 1.29 is 39.3 Å². The molecule has 0 spiro atoms. The van der Waals surface area contributed by atoms with Crippen LogP contribution in [0.2, 0.25) is 0 Å². The Balaban J connectivity index is 2.98. The van der Waals surface area contributed by atoms with Gasteiger partial charge in [-0.15, -0.1) is 0 Å². The zero-order chi connectivity index (χ0) is 28.0. The topological polar surface area (TPSA) is 234 Å². The summed E-state index contributed by atoms with van der Waals surface area (Å²) in [5.41, 5.74) is 11.7. The number of nitrogens with one attached hydrogen (secondary N) is 3. The predicted molar refractivity (Wildman–Crippen MR) is 137 cm³/mol. The van der Waals surface area contributed by atoms with Crippen LogP contribution >= 0.6 is 12.6 Å². The van der Waals surface area contributed by atoms with Crippen molar-refractivity contribution in [1.29, 1.82) is 0 Å². The summed E-state index contributed by atoms with van der Waals surface area (Å²) in [5.74, 6) is -4.83. The minimum Gasteiger partial charge on any atom is -0.508 e. The Bertz CT molecular complexity index is 930. The third-order valence-corrected chi connectivity index (χ3v) is 5.76. The number of carbonyl (C=O) groups excluding carboxylic acids is 3. The molecule has 0 fully saturated rings. The molecule has 0 radical (unpaired) electrons. The lowest BCUT2D eigenvalue weighted by molar-refractivity contribution is -0.142. The van der Waals surface area contributed by atoms with E-state index in [1.807, 2.05) is 0 Å². The second-order valence-electron chi connectivity index (χ2n) is 8.40. The number of carboxylic acid groups (broad SMARTS) is 2. The number of hydrogen-bond donors (Lipinski definition) is 9. The molecule has 0 bridgehead atoms. The molecule has 14 heteroatoms. The molecule has 0 aliphatic rings. The van der Waals surface area contributed by atoms with E-state index in [-0.39, 0.29) is 37.2 Å². The molecule has 0 heterocycles. The van der Waals surface area contributed by atoms with Crippen LogP contribution in [0, 0.1) is 0 Å². The minimum atomic E-state index is -1.23. The molecular weight excluding hydrogens is 506 g/mol. The number of amides is 3. The van der Waals surface area contributed by atoms with E-state index < -0.39 is 53.8 Å². The fourth-order valence-electron chi connectivity index (χ4n) is 3.25. The number of carboxylic acids is 2. The Morgan fingerprint density at radius 1 is 0.838 bits per heavy atom. The van der Waals surface area contributed by atoms with Crippen LogP contribution in [0.25, 0.3) is 0 Å². The van der Waals surface area contributed by atoms with Crippen molar-refractivity contribution in [2.45, 2.75) is 62.7 Å². The summed E-state index contributed by atoms with van der Waals surface area (Å²) in [4.78, 5) is 60.6. The Kier molecular flexibility index (Phi) is 14.0. The molecule has 1 aromatic rings. The number of nitrogens with two attached hydrogens (primary N) is 2. The quantitative estimate of drug-likeness (QED) is 0.0837. The van der Waals surface area contributed by atoms with Gasteiger partial charge in [-0.25, -0.2) is 4.79 Å². The minimum absolute atomic E-state index is 0.00395. The molecule has 1 aromatic carbocycles. The van der Waals surface area contributed by atoms with E-state index in [0.29, 0.717) is 24.9 Å². The summed E-state index contributed by atoms with van der Waals surface area (Å²) in [5, 5.41) is 35.0. The maximum absolute atomic E-state index is 13.1. The molecule has 3 amide bonds. The van der Waals surface area contributed by atoms with Crippen LogP contribution in [-0.2, 0) is 30.4 Å². The maximum atomic E-state index is 13.1. The van der Waals surface area contributed by atoms with Gasteiger partial charge < -0.3 is 42.7 Å². The standard InChI is InChI=1S/C23H35N5O8S/c24-10-2-1-3-16(23(35)36)26-22(34)18(12-37)28-21(33)17(11-13-4-6-14(29)7-5-13)27-20(32)15(25)8-9-19(30)31/h4-7,15-18,29,37H,1-3,8-12,24-25H2,(H,26,34)(H,27,32)(H,28,33)(H,30,31)(H,35,36). The molecule has 0 saturated heterocycles. The average Bonchev–Trinajstić information content (AvgIpc) is 2.85. The van der Waals surface area contributed by atoms with Crippen molar-refractivity contribution in [2.75, 3.05) is 12.3 Å². The average molecular weight is 542 g/mol. The third-order valence-electron chi connectivity index (χ3n) is 5.39. The highest BCUT2D eigenvalue weighted by Gasteiger charge is 2.30. The monoisotopic (exact) mass is 541 g/mol. The van der Waals surface area contributed by atoms with Crippen LogP contribution in [0.15, 0.2) is 24.3 Å². The fourth-order valence-corrected chi connectivity index (χ4v) is 3.51. The van der Waals surface area contributed by atoms with Gasteiger partial charge in [-0.1, -0.05) is 12.1 Å². The van der Waals surface area contributed by atoms with Crippen LogP contribution in [0.5, 0.6) is 5.75 Å². The number of hydrogen-bond acceptors (Lipinski definition) is 9. The van der Waals surface area contributed by atoms with E-state index in [1.54, 1.807) is 0 Å². The summed E-state index contributed by atoms with van der Waals surface area (Å²) in [6, 6.07) is 1.05. The molecule has 13 nitrogen and oxygen atoms in total. The van der Waals surface area contributed by atoms with Crippen LogP contribution in [-0.4, -0.2) is 81.4 Å². The van der Waals surface area contributed by atoms with Gasteiger partial charge in [0.05, 0.1) is 6.04 Å². The van der Waals surface area contributed by atoms with E-state index in [0.717, 1.165) is 0 Å².